The maximum absolute atomic E-state index is 14.4. The molecular formula is C35H34ClN5O10. The summed E-state index contributed by atoms with van der Waals surface area (Å²) in [5.41, 5.74) is 1.69. The summed E-state index contributed by atoms with van der Waals surface area (Å²) in [6.07, 6.45) is 0.718. The quantitative estimate of drug-likeness (QED) is 0.0702. The Balaban J connectivity index is 1.36. The van der Waals surface area contributed by atoms with Gasteiger partial charge in [0.05, 0.1) is 44.2 Å². The number of ether oxygens (including phenoxy) is 5. The van der Waals surface area contributed by atoms with E-state index in [4.69, 9.17) is 35.3 Å². The lowest BCUT2D eigenvalue weighted by atomic mass is 9.95. The molecule has 0 fully saturated rings. The Kier molecular flexibility index (Phi) is 9.65. The van der Waals surface area contributed by atoms with Gasteiger partial charge in [0.2, 0.25) is 5.75 Å². The summed E-state index contributed by atoms with van der Waals surface area (Å²) in [7, 11) is 5.91. The molecule has 1 unspecified atom stereocenters. The standard InChI is InChI=1S/C35H34ClN5O10/c1-6-50-33(42)26-15-24(41(45)46)27(38(26)2)18-51-34(43)37-23-14-25-29(22-10-8-7-9-21(22)23)20(16-36)17-40(25)35(44)39-12-11-19-13-28(47-3)31(48-4)32(49-5)30(19)39/h7-15,20H,6,16-18H2,1-5H3,(H,37,43). The van der Waals surface area contributed by atoms with E-state index >= 15 is 0 Å². The molecule has 1 N–H and O–H groups in total. The van der Waals surface area contributed by atoms with Gasteiger partial charge in [-0.3, -0.25) is 24.9 Å². The molecule has 1 aliphatic rings. The molecule has 1 aliphatic heterocycles. The van der Waals surface area contributed by atoms with Crippen molar-refractivity contribution in [3.63, 3.8) is 0 Å². The second kappa shape index (κ2) is 14.1. The minimum atomic E-state index is -0.916. The average Bonchev–Trinajstić information content (AvgIpc) is 3.82. The number of carbonyl (C=O) groups excluding carboxylic acids is 3. The van der Waals surface area contributed by atoms with Crippen molar-refractivity contribution in [3.05, 3.63) is 81.8 Å². The number of amides is 2. The largest absolute Gasteiger partial charge is 0.493 e. The minimum absolute atomic E-state index is 0.0117. The lowest BCUT2D eigenvalue weighted by molar-refractivity contribution is -0.385. The zero-order chi connectivity index (χ0) is 36.6. The van der Waals surface area contributed by atoms with E-state index in [-0.39, 0.29) is 36.3 Å². The third kappa shape index (κ3) is 5.98. The second-order valence-electron chi connectivity index (χ2n) is 11.5. The van der Waals surface area contributed by atoms with Crippen molar-refractivity contribution >= 4 is 68.4 Å². The van der Waals surface area contributed by atoms with Crippen molar-refractivity contribution in [2.75, 3.05) is 50.6 Å². The van der Waals surface area contributed by atoms with Gasteiger partial charge in [-0.1, -0.05) is 24.3 Å². The van der Waals surface area contributed by atoms with Crippen LogP contribution in [0, 0.1) is 10.1 Å². The Labute approximate surface area is 296 Å². The van der Waals surface area contributed by atoms with E-state index in [1.165, 1.54) is 37.5 Å². The summed E-state index contributed by atoms with van der Waals surface area (Å²) in [5, 5.41) is 16.6. The van der Waals surface area contributed by atoms with Crippen LogP contribution < -0.4 is 24.4 Å². The number of alkyl halides is 1. The van der Waals surface area contributed by atoms with Crippen LogP contribution in [0.25, 0.3) is 21.7 Å². The summed E-state index contributed by atoms with van der Waals surface area (Å²) < 4.78 is 29.9. The van der Waals surface area contributed by atoms with Gasteiger partial charge in [0.15, 0.2) is 11.5 Å². The molecule has 6 rings (SSSR count). The number of carbonyl (C=O) groups is 3. The van der Waals surface area contributed by atoms with E-state index in [0.29, 0.717) is 44.9 Å². The predicted molar refractivity (Wildman–Crippen MR) is 189 cm³/mol. The van der Waals surface area contributed by atoms with Gasteiger partial charge in [0, 0.05) is 48.4 Å². The highest BCUT2D eigenvalue weighted by molar-refractivity contribution is 6.19. The molecular weight excluding hydrogens is 686 g/mol. The first-order valence-corrected chi connectivity index (χ1v) is 16.3. The van der Waals surface area contributed by atoms with Gasteiger partial charge >= 0.3 is 18.1 Å². The molecule has 0 aliphatic carbocycles. The van der Waals surface area contributed by atoms with E-state index in [1.54, 1.807) is 36.2 Å². The molecule has 2 aromatic heterocycles. The summed E-state index contributed by atoms with van der Waals surface area (Å²) in [6, 6.07) is 13.2. The van der Waals surface area contributed by atoms with Gasteiger partial charge in [0.25, 0.3) is 5.69 Å². The molecule has 51 heavy (non-hydrogen) atoms. The maximum atomic E-state index is 14.4. The van der Waals surface area contributed by atoms with Crippen molar-refractivity contribution < 1.29 is 43.0 Å². The Bertz CT molecular complexity index is 2210. The number of hydrogen-bond donors (Lipinski definition) is 1. The van der Waals surface area contributed by atoms with Crippen molar-refractivity contribution in [2.24, 2.45) is 7.05 Å². The monoisotopic (exact) mass is 719 g/mol. The Morgan fingerprint density at radius 3 is 2.37 bits per heavy atom. The van der Waals surface area contributed by atoms with E-state index in [0.717, 1.165) is 17.0 Å². The highest BCUT2D eigenvalue weighted by atomic mass is 35.5. The van der Waals surface area contributed by atoms with Crippen LogP contribution in [-0.4, -0.2) is 72.5 Å². The van der Waals surface area contributed by atoms with Crippen LogP contribution in [0.3, 0.4) is 0 Å². The topological polar surface area (TPSA) is 166 Å². The predicted octanol–water partition coefficient (Wildman–Crippen LogP) is 6.80. The smallest absolute Gasteiger partial charge is 0.412 e. The lowest BCUT2D eigenvalue weighted by Crippen LogP contribution is -2.33. The number of esters is 1. The number of anilines is 2. The van der Waals surface area contributed by atoms with Crippen molar-refractivity contribution in [1.29, 1.82) is 0 Å². The van der Waals surface area contributed by atoms with Gasteiger partial charge in [-0.15, -0.1) is 11.6 Å². The van der Waals surface area contributed by atoms with Gasteiger partial charge in [-0.2, -0.15) is 0 Å². The lowest BCUT2D eigenvalue weighted by Gasteiger charge is -2.21. The summed E-state index contributed by atoms with van der Waals surface area (Å²) >= 11 is 6.49. The van der Waals surface area contributed by atoms with Crippen LogP contribution >= 0.6 is 11.6 Å². The molecule has 0 radical (unpaired) electrons. The number of nitrogens with one attached hydrogen (secondary N) is 1. The fourth-order valence-corrected chi connectivity index (χ4v) is 6.80. The van der Waals surface area contributed by atoms with Gasteiger partial charge < -0.3 is 28.3 Å². The zero-order valence-electron chi connectivity index (χ0n) is 28.4. The number of hydrogen-bond acceptors (Lipinski definition) is 10. The molecule has 0 bridgehead atoms. The van der Waals surface area contributed by atoms with Gasteiger partial charge in [0.1, 0.15) is 23.5 Å². The number of nitro groups is 1. The maximum Gasteiger partial charge on any atom is 0.412 e. The van der Waals surface area contributed by atoms with Crippen LogP contribution in [0.2, 0.25) is 0 Å². The molecule has 3 aromatic carbocycles. The van der Waals surface area contributed by atoms with E-state index in [1.807, 2.05) is 24.3 Å². The molecule has 0 saturated heterocycles. The second-order valence-corrected chi connectivity index (χ2v) is 11.8. The van der Waals surface area contributed by atoms with E-state index < -0.39 is 35.3 Å². The summed E-state index contributed by atoms with van der Waals surface area (Å²) in [4.78, 5) is 52.7. The zero-order valence-corrected chi connectivity index (χ0v) is 29.1. The Hall–Kier alpha value is -5.96. The first-order valence-electron chi connectivity index (χ1n) is 15.8. The Morgan fingerprint density at radius 2 is 1.73 bits per heavy atom. The third-order valence-electron chi connectivity index (χ3n) is 8.86. The number of benzene rings is 3. The molecule has 2 amide bonds. The van der Waals surface area contributed by atoms with Crippen molar-refractivity contribution in [2.45, 2.75) is 19.4 Å². The first kappa shape index (κ1) is 34.9. The first-order chi connectivity index (χ1) is 24.6. The van der Waals surface area contributed by atoms with Crippen LogP contribution in [-0.2, 0) is 23.1 Å². The van der Waals surface area contributed by atoms with E-state index in [9.17, 15) is 24.5 Å². The number of fused-ring (bicyclic) bond motifs is 4. The molecule has 0 spiro atoms. The average molecular weight is 720 g/mol. The molecule has 5 aromatic rings. The number of nitrogens with zero attached hydrogens (tertiary/aromatic N) is 4. The molecule has 16 heteroatoms. The van der Waals surface area contributed by atoms with Crippen LogP contribution in [0.15, 0.2) is 54.7 Å². The Morgan fingerprint density at radius 1 is 1.00 bits per heavy atom. The molecule has 3 heterocycles. The van der Waals surface area contributed by atoms with E-state index in [2.05, 4.69) is 5.32 Å². The highest BCUT2D eigenvalue weighted by Gasteiger charge is 2.36. The number of aromatic nitrogens is 2. The fourth-order valence-electron chi connectivity index (χ4n) is 6.55. The fraction of sp³-hybridized carbons (Fsp3) is 0.286. The molecule has 266 valence electrons. The van der Waals surface area contributed by atoms with Crippen LogP contribution in [0.5, 0.6) is 17.2 Å². The summed E-state index contributed by atoms with van der Waals surface area (Å²) in [6.45, 7) is 1.43. The summed E-state index contributed by atoms with van der Waals surface area (Å²) in [5.74, 6) is 0.323. The number of halogens is 1. The molecule has 15 nitrogen and oxygen atoms in total. The van der Waals surface area contributed by atoms with Crippen LogP contribution in [0.4, 0.5) is 26.7 Å². The molecule has 1 atom stereocenters. The number of methoxy groups -OCH3 is 3. The number of rotatable bonds is 10. The van der Waals surface area contributed by atoms with Crippen molar-refractivity contribution in [3.8, 4) is 17.2 Å². The highest BCUT2D eigenvalue weighted by Crippen LogP contribution is 2.47. The molecule has 0 saturated carbocycles. The third-order valence-corrected chi connectivity index (χ3v) is 9.23. The van der Waals surface area contributed by atoms with Gasteiger partial charge in [-0.25, -0.2) is 14.4 Å². The normalized spacial score (nSPS) is 13.6. The van der Waals surface area contributed by atoms with Crippen molar-refractivity contribution in [1.82, 2.24) is 9.13 Å². The van der Waals surface area contributed by atoms with Crippen LogP contribution in [0.1, 0.15) is 34.6 Å². The SMILES string of the molecule is CCOC(=O)c1cc([N+](=O)[O-])c(COC(=O)Nc2cc3c(c4ccccc24)C(CCl)CN3C(=O)n2ccc3cc(OC)c(OC)c(OC)c32)n1C. The minimum Gasteiger partial charge on any atom is -0.493 e. The van der Waals surface area contributed by atoms with Gasteiger partial charge in [-0.05, 0) is 36.1 Å².